The monoisotopic (exact) mass is 262 g/mol. The second-order valence-corrected chi connectivity index (χ2v) is 6.97. The summed E-state index contributed by atoms with van der Waals surface area (Å²) >= 11 is 1.63. The van der Waals surface area contributed by atoms with E-state index in [1.807, 2.05) is 23.8 Å². The predicted octanol–water partition coefficient (Wildman–Crippen LogP) is 1.42. The molecule has 1 unspecified atom stereocenters. The van der Waals surface area contributed by atoms with Crippen molar-refractivity contribution in [1.82, 2.24) is 8.61 Å². The lowest BCUT2D eigenvalue weighted by Crippen LogP contribution is -2.43. The van der Waals surface area contributed by atoms with E-state index in [0.717, 1.165) is 6.42 Å². The molecular formula is C10H18N2O2S2. The van der Waals surface area contributed by atoms with E-state index in [0.29, 0.717) is 0 Å². The molecule has 0 aliphatic carbocycles. The van der Waals surface area contributed by atoms with E-state index in [1.165, 1.54) is 14.2 Å². The van der Waals surface area contributed by atoms with E-state index in [1.54, 1.807) is 32.5 Å². The fraction of sp³-hybridized carbons (Fsp3) is 0.600. The Balaban J connectivity index is 2.71. The van der Waals surface area contributed by atoms with Crippen LogP contribution in [0.2, 0.25) is 0 Å². The highest BCUT2D eigenvalue weighted by atomic mass is 32.2. The lowest BCUT2D eigenvalue weighted by atomic mass is 10.1. The third-order valence-electron chi connectivity index (χ3n) is 2.56. The maximum atomic E-state index is 11.9. The zero-order valence-electron chi connectivity index (χ0n) is 10.0. The van der Waals surface area contributed by atoms with Crippen LogP contribution in [0.4, 0.5) is 0 Å². The van der Waals surface area contributed by atoms with Crippen molar-refractivity contribution in [2.24, 2.45) is 0 Å². The summed E-state index contributed by atoms with van der Waals surface area (Å²) in [5, 5.41) is 4.05. The number of likely N-dealkylation sites (N-methyl/N-ethyl adjacent to an activating group) is 1. The molecule has 0 N–H and O–H groups in total. The molecule has 1 aromatic heterocycles. The highest BCUT2D eigenvalue weighted by Crippen LogP contribution is 2.14. The predicted molar refractivity (Wildman–Crippen MR) is 67.9 cm³/mol. The van der Waals surface area contributed by atoms with Crippen LogP contribution >= 0.6 is 11.3 Å². The molecule has 0 radical (unpaired) electrons. The fourth-order valence-corrected chi connectivity index (χ4v) is 3.09. The summed E-state index contributed by atoms with van der Waals surface area (Å²) in [7, 11) is 1.40. The lowest BCUT2D eigenvalue weighted by Gasteiger charge is -2.26. The third kappa shape index (κ3) is 3.04. The van der Waals surface area contributed by atoms with Crippen LogP contribution in [-0.4, -0.2) is 44.2 Å². The minimum Gasteiger partial charge on any atom is -0.195 e. The molecule has 0 aromatic carbocycles. The van der Waals surface area contributed by atoms with Crippen molar-refractivity contribution in [2.75, 3.05) is 21.1 Å². The number of hydrogen-bond donors (Lipinski definition) is 0. The van der Waals surface area contributed by atoms with E-state index >= 15 is 0 Å². The molecule has 0 bridgehead atoms. The molecule has 0 spiro atoms. The standard InChI is InChI=1S/C10H18N2O2S2/c1-9(7-10-5-6-15-8-10)12(4)16(13,14)11(2)3/h5-6,8-9H,7H2,1-4H3. The van der Waals surface area contributed by atoms with Gasteiger partial charge in [0.15, 0.2) is 0 Å². The molecule has 0 saturated carbocycles. The second kappa shape index (κ2) is 5.27. The fourth-order valence-electron chi connectivity index (χ4n) is 1.36. The molecule has 0 saturated heterocycles. The molecule has 1 atom stereocenters. The molecule has 0 fully saturated rings. The van der Waals surface area contributed by atoms with E-state index in [4.69, 9.17) is 0 Å². The van der Waals surface area contributed by atoms with Crippen molar-refractivity contribution in [3.05, 3.63) is 22.4 Å². The van der Waals surface area contributed by atoms with Crippen LogP contribution in [0.3, 0.4) is 0 Å². The van der Waals surface area contributed by atoms with Crippen molar-refractivity contribution in [1.29, 1.82) is 0 Å². The van der Waals surface area contributed by atoms with Crippen LogP contribution in [-0.2, 0) is 16.6 Å². The molecular weight excluding hydrogens is 244 g/mol. The van der Waals surface area contributed by atoms with Gasteiger partial charge < -0.3 is 0 Å². The summed E-state index contributed by atoms with van der Waals surface area (Å²) in [6.45, 7) is 1.92. The Morgan fingerprint density at radius 3 is 2.44 bits per heavy atom. The smallest absolute Gasteiger partial charge is 0.195 e. The highest BCUT2D eigenvalue weighted by Gasteiger charge is 2.25. The third-order valence-corrected chi connectivity index (χ3v) is 5.30. The maximum absolute atomic E-state index is 11.9. The topological polar surface area (TPSA) is 40.6 Å². The summed E-state index contributed by atoms with van der Waals surface area (Å²) in [4.78, 5) is 0. The van der Waals surface area contributed by atoms with Crippen molar-refractivity contribution >= 4 is 21.5 Å². The van der Waals surface area contributed by atoms with Crippen molar-refractivity contribution in [3.63, 3.8) is 0 Å². The van der Waals surface area contributed by atoms with Gasteiger partial charge in [-0.05, 0) is 35.7 Å². The van der Waals surface area contributed by atoms with Crippen molar-refractivity contribution < 1.29 is 8.42 Å². The lowest BCUT2D eigenvalue weighted by molar-refractivity contribution is 0.356. The van der Waals surface area contributed by atoms with Gasteiger partial charge >= 0.3 is 0 Å². The Morgan fingerprint density at radius 1 is 1.38 bits per heavy atom. The molecule has 0 aliphatic heterocycles. The van der Waals surface area contributed by atoms with Gasteiger partial charge in [-0.3, -0.25) is 0 Å². The van der Waals surface area contributed by atoms with Gasteiger partial charge in [-0.25, -0.2) is 0 Å². The van der Waals surface area contributed by atoms with Crippen molar-refractivity contribution in [3.8, 4) is 0 Å². The minimum absolute atomic E-state index is 0.0398. The van der Waals surface area contributed by atoms with Gasteiger partial charge in [0, 0.05) is 27.2 Å². The van der Waals surface area contributed by atoms with Crippen molar-refractivity contribution in [2.45, 2.75) is 19.4 Å². The Labute approximate surface area is 102 Å². The summed E-state index contributed by atoms with van der Waals surface area (Å²) in [5.74, 6) is 0. The molecule has 0 amide bonds. The number of thiophene rings is 1. The molecule has 4 nitrogen and oxygen atoms in total. The normalized spacial score (nSPS) is 14.6. The Morgan fingerprint density at radius 2 is 2.00 bits per heavy atom. The van der Waals surface area contributed by atoms with Gasteiger partial charge in [0.1, 0.15) is 0 Å². The van der Waals surface area contributed by atoms with Gasteiger partial charge in [0.2, 0.25) is 0 Å². The van der Waals surface area contributed by atoms with Crippen LogP contribution < -0.4 is 0 Å². The van der Waals surface area contributed by atoms with E-state index in [-0.39, 0.29) is 6.04 Å². The van der Waals surface area contributed by atoms with E-state index < -0.39 is 10.2 Å². The molecule has 0 aliphatic rings. The molecule has 1 rings (SSSR count). The van der Waals surface area contributed by atoms with Crippen LogP contribution in [0.1, 0.15) is 12.5 Å². The first-order valence-electron chi connectivity index (χ1n) is 5.02. The second-order valence-electron chi connectivity index (χ2n) is 3.99. The van der Waals surface area contributed by atoms with Crippen LogP contribution in [0, 0.1) is 0 Å². The van der Waals surface area contributed by atoms with Gasteiger partial charge in [-0.15, -0.1) is 0 Å². The zero-order chi connectivity index (χ0) is 12.3. The molecule has 1 heterocycles. The van der Waals surface area contributed by atoms with E-state index in [2.05, 4.69) is 0 Å². The first-order valence-corrected chi connectivity index (χ1v) is 7.36. The van der Waals surface area contributed by atoms with Crippen LogP contribution in [0.15, 0.2) is 16.8 Å². The quantitative estimate of drug-likeness (QED) is 0.805. The summed E-state index contributed by atoms with van der Waals surface area (Å²) in [6, 6.07) is 1.99. The summed E-state index contributed by atoms with van der Waals surface area (Å²) < 4.78 is 26.4. The Kier molecular flexibility index (Phi) is 4.49. The zero-order valence-corrected chi connectivity index (χ0v) is 11.7. The van der Waals surface area contributed by atoms with Gasteiger partial charge in [-0.1, -0.05) is 0 Å². The van der Waals surface area contributed by atoms with Gasteiger partial charge in [0.05, 0.1) is 0 Å². The SMILES string of the molecule is CC(Cc1ccsc1)N(C)S(=O)(=O)N(C)C. The van der Waals surface area contributed by atoms with E-state index in [9.17, 15) is 8.42 Å². The largest absolute Gasteiger partial charge is 0.281 e. The van der Waals surface area contributed by atoms with Crippen LogP contribution in [0.5, 0.6) is 0 Å². The Bertz CT molecular complexity index is 412. The van der Waals surface area contributed by atoms with Gasteiger partial charge in [0.25, 0.3) is 10.2 Å². The maximum Gasteiger partial charge on any atom is 0.281 e. The first kappa shape index (κ1) is 13.6. The molecule has 6 heteroatoms. The molecule has 1 aromatic rings. The minimum atomic E-state index is -3.31. The number of rotatable bonds is 5. The van der Waals surface area contributed by atoms with Crippen LogP contribution in [0.25, 0.3) is 0 Å². The highest BCUT2D eigenvalue weighted by molar-refractivity contribution is 7.86. The average Bonchev–Trinajstić information content (AvgIpc) is 2.68. The Hall–Kier alpha value is -0.430. The average molecular weight is 262 g/mol. The molecule has 16 heavy (non-hydrogen) atoms. The van der Waals surface area contributed by atoms with Gasteiger partial charge in [-0.2, -0.15) is 28.4 Å². The summed E-state index contributed by atoms with van der Waals surface area (Å²) in [6.07, 6.45) is 0.743. The summed E-state index contributed by atoms with van der Waals surface area (Å²) in [5.41, 5.74) is 1.18. The number of nitrogens with zero attached hydrogens (tertiary/aromatic N) is 2. The first-order chi connectivity index (χ1) is 7.35. The number of hydrogen-bond acceptors (Lipinski definition) is 3. The molecule has 92 valence electrons.